The molecule has 3 aromatic carbocycles. The number of hydrogen-bond donors (Lipinski definition) is 1. The third kappa shape index (κ3) is 6.07. The van der Waals surface area contributed by atoms with Crippen LogP contribution < -0.4 is 19.7 Å². The van der Waals surface area contributed by atoms with Crippen molar-refractivity contribution in [3.05, 3.63) is 99.9 Å². The van der Waals surface area contributed by atoms with Gasteiger partial charge in [-0.1, -0.05) is 54.7 Å². The Morgan fingerprint density at radius 3 is 2.50 bits per heavy atom. The highest BCUT2D eigenvalue weighted by Crippen LogP contribution is 2.60. The molecule has 13 nitrogen and oxygen atoms in total. The molecular weight excluding hydrogens is 681 g/mol. The Balaban J connectivity index is 1.28. The Morgan fingerprint density at radius 2 is 1.85 bits per heavy atom. The van der Waals surface area contributed by atoms with Crippen LogP contribution in [0.4, 0.5) is 17.1 Å². The van der Waals surface area contributed by atoms with E-state index in [2.05, 4.69) is 42.5 Å². The zero-order valence-corrected chi connectivity index (χ0v) is 30.9. The minimum atomic E-state index is -2.45. The number of fused-ring (bicyclic) bond motifs is 2. The maximum Gasteiger partial charge on any atom is 0.269 e. The number of nitro benzene ring substituents is 1. The number of aryl methyl sites for hydroxylation is 1. The SMILES string of the molecule is COc1ccc([Si](C)(C)[C@@H]2[C@@H](CCn3cc(CCO)nn3)O[C@]3(C(=O)N(Cc4ccc(N5CCCC5=O)cc4)c4ccc([N+](=O)[O-])cc43)[C@H]2C)cc1. The van der Waals surface area contributed by atoms with Gasteiger partial charge in [-0.05, 0) is 54.3 Å². The topological polar surface area (TPSA) is 153 Å². The van der Waals surface area contributed by atoms with Crippen LogP contribution in [0.3, 0.4) is 0 Å². The second-order valence-corrected chi connectivity index (χ2v) is 19.2. The first-order valence-electron chi connectivity index (χ1n) is 17.8. The summed E-state index contributed by atoms with van der Waals surface area (Å²) in [5, 5.41) is 31.2. The van der Waals surface area contributed by atoms with E-state index >= 15 is 4.79 Å². The highest BCUT2D eigenvalue weighted by molar-refractivity contribution is 6.91. The van der Waals surface area contributed by atoms with Crippen molar-refractivity contribution in [2.45, 2.75) is 76.0 Å². The molecule has 1 spiro atoms. The van der Waals surface area contributed by atoms with Gasteiger partial charge in [0.1, 0.15) is 5.75 Å². The molecule has 0 bridgehead atoms. The number of aliphatic hydroxyl groups excluding tert-OH is 1. The molecule has 2 amide bonds. The number of aromatic nitrogens is 3. The average molecular weight is 725 g/mol. The lowest BCUT2D eigenvalue weighted by atomic mass is 9.82. The van der Waals surface area contributed by atoms with Gasteiger partial charge in [-0.15, -0.1) is 5.10 Å². The molecule has 0 aliphatic carbocycles. The predicted octanol–water partition coefficient (Wildman–Crippen LogP) is 4.71. The van der Waals surface area contributed by atoms with Gasteiger partial charge in [-0.2, -0.15) is 0 Å². The molecule has 4 heterocycles. The van der Waals surface area contributed by atoms with Gasteiger partial charge in [0.15, 0.2) is 5.60 Å². The fourth-order valence-corrected chi connectivity index (χ4v) is 12.7. The van der Waals surface area contributed by atoms with E-state index in [1.54, 1.807) is 27.7 Å². The number of hydrogen-bond acceptors (Lipinski definition) is 9. The molecule has 2 fully saturated rings. The molecule has 1 N–H and O–H groups in total. The molecule has 14 heteroatoms. The summed E-state index contributed by atoms with van der Waals surface area (Å²) in [6.45, 7) is 8.00. The van der Waals surface area contributed by atoms with Crippen LogP contribution in [0.2, 0.25) is 18.6 Å². The summed E-state index contributed by atoms with van der Waals surface area (Å²) in [4.78, 5) is 42.7. The van der Waals surface area contributed by atoms with Crippen molar-refractivity contribution in [2.24, 2.45) is 5.92 Å². The normalized spacial score (nSPS) is 22.8. The third-order valence-electron chi connectivity index (χ3n) is 11.3. The van der Waals surface area contributed by atoms with Gasteiger partial charge in [0.2, 0.25) is 5.91 Å². The van der Waals surface area contributed by atoms with E-state index in [0.29, 0.717) is 49.3 Å². The van der Waals surface area contributed by atoms with E-state index in [9.17, 15) is 20.0 Å². The van der Waals surface area contributed by atoms with Crippen LogP contribution >= 0.6 is 0 Å². The minimum absolute atomic E-state index is 0.0272. The Labute approximate surface area is 303 Å². The Kier molecular flexibility index (Phi) is 9.48. The van der Waals surface area contributed by atoms with Crippen LogP contribution in [0.15, 0.2) is 72.9 Å². The maximum absolute atomic E-state index is 15.1. The lowest BCUT2D eigenvalue weighted by molar-refractivity contribution is -0.385. The smallest absolute Gasteiger partial charge is 0.269 e. The monoisotopic (exact) mass is 724 g/mol. The number of non-ortho nitro benzene ring substituents is 1. The summed E-state index contributed by atoms with van der Waals surface area (Å²) in [7, 11) is -0.814. The van der Waals surface area contributed by atoms with E-state index in [-0.39, 0.29) is 42.1 Å². The summed E-state index contributed by atoms with van der Waals surface area (Å²) in [6.07, 6.45) is 3.72. The number of benzene rings is 3. The highest BCUT2D eigenvalue weighted by atomic mass is 28.3. The van der Waals surface area contributed by atoms with Crippen molar-refractivity contribution >= 4 is 42.1 Å². The summed E-state index contributed by atoms with van der Waals surface area (Å²) in [6, 6.07) is 20.4. The van der Waals surface area contributed by atoms with Crippen LogP contribution in [-0.2, 0) is 39.4 Å². The Morgan fingerprint density at radius 1 is 1.10 bits per heavy atom. The van der Waals surface area contributed by atoms with Gasteiger partial charge < -0.3 is 24.4 Å². The molecule has 2 saturated heterocycles. The molecule has 4 atom stereocenters. The molecule has 7 rings (SSSR count). The molecule has 52 heavy (non-hydrogen) atoms. The number of nitro groups is 1. The fraction of sp³-hybridized carbons (Fsp3) is 0.421. The number of aliphatic hydroxyl groups is 1. The number of amides is 2. The third-order valence-corrected chi connectivity index (χ3v) is 15.6. The van der Waals surface area contributed by atoms with Gasteiger partial charge >= 0.3 is 0 Å². The van der Waals surface area contributed by atoms with Crippen LogP contribution in [0.5, 0.6) is 5.75 Å². The van der Waals surface area contributed by atoms with Gasteiger partial charge in [-0.25, -0.2) is 0 Å². The van der Waals surface area contributed by atoms with Crippen molar-refractivity contribution in [3.8, 4) is 5.75 Å². The Bertz CT molecular complexity index is 1980. The summed E-state index contributed by atoms with van der Waals surface area (Å²) >= 11 is 0. The van der Waals surface area contributed by atoms with Crippen LogP contribution in [-0.4, -0.2) is 71.3 Å². The lowest BCUT2D eigenvalue weighted by Crippen LogP contribution is -2.51. The number of rotatable bonds is 12. The molecule has 1 aromatic heterocycles. The quantitative estimate of drug-likeness (QED) is 0.124. The fourth-order valence-electron chi connectivity index (χ4n) is 8.66. The van der Waals surface area contributed by atoms with Gasteiger partial charge in [-0.3, -0.25) is 24.4 Å². The molecule has 4 aromatic rings. The lowest BCUT2D eigenvalue weighted by Gasteiger charge is -2.37. The maximum atomic E-state index is 15.1. The van der Waals surface area contributed by atoms with Gasteiger partial charge in [0.05, 0.1) is 44.1 Å². The first-order valence-corrected chi connectivity index (χ1v) is 20.9. The number of anilines is 2. The molecular formula is C38H44N6O7Si. The van der Waals surface area contributed by atoms with Crippen molar-refractivity contribution in [1.82, 2.24) is 15.0 Å². The van der Waals surface area contributed by atoms with E-state index in [4.69, 9.17) is 9.47 Å². The second-order valence-electron chi connectivity index (χ2n) is 14.6. The highest BCUT2D eigenvalue weighted by Gasteiger charge is 2.66. The van der Waals surface area contributed by atoms with Crippen molar-refractivity contribution in [1.29, 1.82) is 0 Å². The number of carbonyl (C=O) groups is 2. The zero-order valence-electron chi connectivity index (χ0n) is 29.9. The van der Waals surface area contributed by atoms with Crippen molar-refractivity contribution < 1.29 is 29.1 Å². The average Bonchev–Trinajstić information content (AvgIpc) is 3.90. The number of carbonyl (C=O) groups excluding carboxylic acids is 2. The van der Waals surface area contributed by atoms with Gasteiger partial charge in [0, 0.05) is 68.0 Å². The largest absolute Gasteiger partial charge is 0.497 e. The first kappa shape index (κ1) is 35.5. The Hall–Kier alpha value is -4.92. The molecule has 272 valence electrons. The van der Waals surface area contributed by atoms with Crippen molar-refractivity contribution in [3.63, 3.8) is 0 Å². The van der Waals surface area contributed by atoms with E-state index in [1.165, 1.54) is 17.3 Å². The van der Waals surface area contributed by atoms with Crippen LogP contribution in [0, 0.1) is 16.0 Å². The second kappa shape index (κ2) is 13.9. The summed E-state index contributed by atoms with van der Waals surface area (Å²) < 4.78 is 14.3. The molecule has 3 aliphatic heterocycles. The van der Waals surface area contributed by atoms with E-state index in [1.807, 2.05) is 42.6 Å². The summed E-state index contributed by atoms with van der Waals surface area (Å²) in [5.74, 6) is 0.271. The van der Waals surface area contributed by atoms with E-state index in [0.717, 1.165) is 23.4 Å². The number of methoxy groups -OCH3 is 1. The van der Waals surface area contributed by atoms with Crippen molar-refractivity contribution in [2.75, 3.05) is 30.1 Å². The minimum Gasteiger partial charge on any atom is -0.497 e. The predicted molar refractivity (Wildman–Crippen MR) is 197 cm³/mol. The molecule has 0 radical (unpaired) electrons. The van der Waals surface area contributed by atoms with Crippen LogP contribution in [0.25, 0.3) is 0 Å². The number of ether oxygens (including phenoxy) is 2. The molecule has 3 aliphatic rings. The standard InChI is InChI=1S/C38H44N6O7Si/c1-25-36(52(3,4)31-14-12-30(50-2)13-15-31)34(17-20-41-24-27(18-21-45)39-40-41)51-38(25)32-22-29(44(48)49)11-16-33(32)43(37(38)47)23-26-7-9-28(10-8-26)42-19-5-6-35(42)46/h7-16,22,24-25,34,36,45H,5-6,17-21,23H2,1-4H3/t25-,34+,36-,38+/m0/s1. The summed E-state index contributed by atoms with van der Waals surface area (Å²) in [5.41, 5.74) is 1.84. The van der Waals surface area contributed by atoms with Crippen LogP contribution in [0.1, 0.15) is 43.0 Å². The van der Waals surface area contributed by atoms with E-state index < -0.39 is 24.7 Å². The zero-order chi connectivity index (χ0) is 36.8. The first-order chi connectivity index (χ1) is 25.0. The molecule has 0 unspecified atom stereocenters. The van der Waals surface area contributed by atoms with Gasteiger partial charge in [0.25, 0.3) is 11.6 Å². The number of nitrogens with zero attached hydrogens (tertiary/aromatic N) is 6. The molecule has 0 saturated carbocycles.